The number of nitrogens with zero attached hydrogens (tertiary/aromatic N) is 3. The van der Waals surface area contributed by atoms with Crippen LogP contribution in [0.5, 0.6) is 0 Å². The van der Waals surface area contributed by atoms with Gasteiger partial charge in [0.05, 0.1) is 0 Å². The van der Waals surface area contributed by atoms with Crippen LogP contribution in [-0.2, 0) is 0 Å². The van der Waals surface area contributed by atoms with Gasteiger partial charge in [-0.3, -0.25) is 0 Å². The molecule has 0 aliphatic heterocycles. The first-order valence-corrected chi connectivity index (χ1v) is 18.9. The molecule has 0 unspecified atom stereocenters. The number of aromatic nitrogens is 3. The van der Waals surface area contributed by atoms with Gasteiger partial charge < -0.3 is 4.42 Å². The molecule has 4 heteroatoms. The van der Waals surface area contributed by atoms with E-state index in [4.69, 9.17) is 19.4 Å². The minimum atomic E-state index is 0.128. The fraction of sp³-hybridized carbons (Fsp3) is 0.0192. The number of furan rings is 1. The summed E-state index contributed by atoms with van der Waals surface area (Å²) in [5.41, 5.74) is 12.8. The summed E-state index contributed by atoms with van der Waals surface area (Å²) in [7, 11) is 0. The van der Waals surface area contributed by atoms with Gasteiger partial charge in [-0.25, -0.2) is 15.0 Å². The second kappa shape index (κ2) is 14.4. The van der Waals surface area contributed by atoms with Crippen LogP contribution < -0.4 is 0 Å². The molecule has 10 aromatic rings. The predicted octanol–water partition coefficient (Wildman–Crippen LogP) is 13.3. The lowest BCUT2D eigenvalue weighted by Gasteiger charge is -2.19. The molecule has 4 nitrogen and oxygen atoms in total. The van der Waals surface area contributed by atoms with Crippen molar-refractivity contribution in [3.05, 3.63) is 223 Å². The molecule has 264 valence electrons. The summed E-state index contributed by atoms with van der Waals surface area (Å²) in [6, 6.07) is 71.9. The van der Waals surface area contributed by atoms with Crippen molar-refractivity contribution in [2.45, 2.75) is 5.92 Å². The summed E-state index contributed by atoms with van der Waals surface area (Å²) in [4.78, 5) is 14.7. The van der Waals surface area contributed by atoms with Gasteiger partial charge >= 0.3 is 0 Å². The minimum absolute atomic E-state index is 0.128. The fourth-order valence-electron chi connectivity index (χ4n) is 7.75. The molecule has 0 N–H and O–H groups in total. The molecule has 0 atom stereocenters. The van der Waals surface area contributed by atoms with Crippen LogP contribution in [0.2, 0.25) is 0 Å². The van der Waals surface area contributed by atoms with E-state index in [1.54, 1.807) is 0 Å². The third-order valence-corrected chi connectivity index (χ3v) is 10.5. The molecule has 0 bridgehead atoms. The van der Waals surface area contributed by atoms with E-state index in [9.17, 15) is 0 Å². The monoisotopic (exact) mass is 717 g/mol. The van der Waals surface area contributed by atoms with Gasteiger partial charge in [-0.05, 0) is 57.1 Å². The molecular weight excluding hydrogens is 683 g/mol. The van der Waals surface area contributed by atoms with Crippen molar-refractivity contribution < 1.29 is 4.42 Å². The highest BCUT2D eigenvalue weighted by Crippen LogP contribution is 2.40. The summed E-state index contributed by atoms with van der Waals surface area (Å²) in [5, 5.41) is 2.19. The van der Waals surface area contributed by atoms with Crippen LogP contribution in [-0.4, -0.2) is 15.0 Å². The summed E-state index contributed by atoms with van der Waals surface area (Å²) < 4.78 is 6.57. The highest BCUT2D eigenvalue weighted by Gasteiger charge is 2.19. The largest absolute Gasteiger partial charge is 0.456 e. The first kappa shape index (κ1) is 33.2. The lowest BCUT2D eigenvalue weighted by molar-refractivity contribution is 0.669. The highest BCUT2D eigenvalue weighted by atomic mass is 16.3. The third kappa shape index (κ3) is 6.33. The zero-order valence-corrected chi connectivity index (χ0v) is 30.5. The minimum Gasteiger partial charge on any atom is -0.456 e. The van der Waals surface area contributed by atoms with E-state index in [-0.39, 0.29) is 5.92 Å². The average Bonchev–Trinajstić information content (AvgIpc) is 3.66. The maximum Gasteiger partial charge on any atom is 0.164 e. The van der Waals surface area contributed by atoms with E-state index >= 15 is 0 Å². The van der Waals surface area contributed by atoms with Crippen molar-refractivity contribution in [1.29, 1.82) is 0 Å². The Balaban J connectivity index is 1.00. The molecular formula is C52H35N3O. The van der Waals surface area contributed by atoms with Crippen LogP contribution in [0.25, 0.3) is 78.4 Å². The lowest BCUT2D eigenvalue weighted by Crippen LogP contribution is -2.03. The van der Waals surface area contributed by atoms with E-state index < -0.39 is 0 Å². The molecule has 0 aliphatic carbocycles. The molecule has 2 aromatic heterocycles. The molecule has 0 saturated carbocycles. The van der Waals surface area contributed by atoms with Crippen LogP contribution >= 0.6 is 0 Å². The SMILES string of the molecule is c1ccc(-c2nc(-c3ccccc3)nc(-c3ccc(-c4cccc5oc6cc(-c7cccc(C(c8ccccc8)c8ccccc8)c7)ccc6c45)cc3)n2)cc1. The first-order valence-electron chi connectivity index (χ1n) is 18.9. The molecule has 8 aromatic carbocycles. The van der Waals surface area contributed by atoms with Gasteiger partial charge in [0.1, 0.15) is 11.2 Å². The maximum absolute atomic E-state index is 6.57. The van der Waals surface area contributed by atoms with Crippen molar-refractivity contribution in [2.75, 3.05) is 0 Å². The molecule has 10 rings (SSSR count). The van der Waals surface area contributed by atoms with Crippen molar-refractivity contribution in [1.82, 2.24) is 15.0 Å². The predicted molar refractivity (Wildman–Crippen MR) is 228 cm³/mol. The Morgan fingerprint density at radius 2 is 0.768 bits per heavy atom. The second-order valence-corrected chi connectivity index (χ2v) is 14.0. The number of rotatable bonds is 8. The zero-order chi connectivity index (χ0) is 37.3. The first-order chi connectivity index (χ1) is 27.7. The van der Waals surface area contributed by atoms with Crippen LogP contribution in [0.3, 0.4) is 0 Å². The quantitative estimate of drug-likeness (QED) is 0.147. The number of hydrogen-bond donors (Lipinski definition) is 0. The van der Waals surface area contributed by atoms with Gasteiger partial charge in [-0.15, -0.1) is 0 Å². The third-order valence-electron chi connectivity index (χ3n) is 10.5. The molecule has 2 heterocycles. The molecule has 0 saturated heterocycles. The smallest absolute Gasteiger partial charge is 0.164 e. The van der Waals surface area contributed by atoms with E-state index in [1.807, 2.05) is 60.7 Å². The van der Waals surface area contributed by atoms with Gasteiger partial charge in [-0.2, -0.15) is 0 Å². The Hall–Kier alpha value is -7.43. The van der Waals surface area contributed by atoms with Gasteiger partial charge in [0.25, 0.3) is 0 Å². The topological polar surface area (TPSA) is 51.8 Å². The van der Waals surface area contributed by atoms with Crippen LogP contribution in [0.15, 0.2) is 211 Å². The van der Waals surface area contributed by atoms with Gasteiger partial charge in [0.15, 0.2) is 17.5 Å². The van der Waals surface area contributed by atoms with Crippen LogP contribution in [0, 0.1) is 0 Å². The number of hydrogen-bond acceptors (Lipinski definition) is 4. The lowest BCUT2D eigenvalue weighted by atomic mass is 9.84. The number of benzene rings is 8. The molecule has 56 heavy (non-hydrogen) atoms. The van der Waals surface area contributed by atoms with E-state index in [1.165, 1.54) is 16.7 Å². The highest BCUT2D eigenvalue weighted by molar-refractivity contribution is 6.13. The van der Waals surface area contributed by atoms with Gasteiger partial charge in [0, 0.05) is 33.4 Å². The molecule has 0 radical (unpaired) electrons. The van der Waals surface area contributed by atoms with Crippen LogP contribution in [0.1, 0.15) is 22.6 Å². The zero-order valence-electron chi connectivity index (χ0n) is 30.5. The van der Waals surface area contributed by atoms with Gasteiger partial charge in [0.2, 0.25) is 0 Å². The molecule has 0 fully saturated rings. The van der Waals surface area contributed by atoms with E-state index in [0.29, 0.717) is 17.5 Å². The Morgan fingerprint density at radius 1 is 0.321 bits per heavy atom. The normalized spacial score (nSPS) is 11.4. The number of fused-ring (bicyclic) bond motifs is 3. The summed E-state index contributed by atoms with van der Waals surface area (Å²) >= 11 is 0. The fourth-order valence-corrected chi connectivity index (χ4v) is 7.75. The maximum atomic E-state index is 6.57. The van der Waals surface area contributed by atoms with E-state index in [2.05, 4.69) is 146 Å². The van der Waals surface area contributed by atoms with Crippen molar-refractivity contribution in [2.24, 2.45) is 0 Å². The average molecular weight is 718 g/mol. The second-order valence-electron chi connectivity index (χ2n) is 14.0. The van der Waals surface area contributed by atoms with Crippen molar-refractivity contribution in [3.8, 4) is 56.4 Å². The summed E-state index contributed by atoms with van der Waals surface area (Å²) in [6.07, 6.45) is 0. The van der Waals surface area contributed by atoms with E-state index in [0.717, 1.165) is 60.9 Å². The van der Waals surface area contributed by atoms with Crippen LogP contribution in [0.4, 0.5) is 0 Å². The van der Waals surface area contributed by atoms with Crippen molar-refractivity contribution in [3.63, 3.8) is 0 Å². The molecule has 0 spiro atoms. The Labute approximate surface area is 325 Å². The summed E-state index contributed by atoms with van der Waals surface area (Å²) in [6.45, 7) is 0. The Morgan fingerprint density at radius 3 is 1.36 bits per heavy atom. The Bertz CT molecular complexity index is 2840. The molecule has 0 amide bonds. The standard InChI is InChI=1S/C52H35N3O/c1-5-15-36(16-6-1)48(37-17-7-2-8-18-37)43-24-13-23-41(33-43)42-31-32-45-47(34-42)56-46-26-14-25-44(49(45)46)35-27-29-40(30-28-35)52-54-50(38-19-9-3-10-20-38)53-51(55-52)39-21-11-4-12-22-39/h1-34,48H. The van der Waals surface area contributed by atoms with Crippen molar-refractivity contribution >= 4 is 21.9 Å². The Kier molecular flexibility index (Phi) is 8.54. The molecule has 0 aliphatic rings. The summed E-state index contributed by atoms with van der Waals surface area (Å²) in [5.74, 6) is 2.05. The van der Waals surface area contributed by atoms with Gasteiger partial charge in [-0.1, -0.05) is 188 Å².